The summed E-state index contributed by atoms with van der Waals surface area (Å²) < 4.78 is 0. The fourth-order valence-electron chi connectivity index (χ4n) is 4.05. The summed E-state index contributed by atoms with van der Waals surface area (Å²) in [6, 6.07) is 12.5. The highest BCUT2D eigenvalue weighted by molar-refractivity contribution is 6.16. The maximum absolute atomic E-state index is 13.1. The molecule has 0 saturated heterocycles. The van der Waals surface area contributed by atoms with Gasteiger partial charge in [0.25, 0.3) is 5.91 Å². The molecule has 0 aliphatic carbocycles. The molecule has 0 radical (unpaired) electrons. The van der Waals surface area contributed by atoms with Gasteiger partial charge in [-0.3, -0.25) is 14.5 Å². The number of imidazole rings is 1. The van der Waals surface area contributed by atoms with Gasteiger partial charge < -0.3 is 10.1 Å². The summed E-state index contributed by atoms with van der Waals surface area (Å²) in [5, 5.41) is 10.7. The molecule has 6 nitrogen and oxygen atoms in total. The number of aliphatic hydroxyl groups excluding tert-OH is 1. The summed E-state index contributed by atoms with van der Waals surface area (Å²) in [7, 11) is 0. The van der Waals surface area contributed by atoms with E-state index in [1.165, 1.54) is 4.90 Å². The second kappa shape index (κ2) is 8.14. The first kappa shape index (κ1) is 19.9. The van der Waals surface area contributed by atoms with E-state index >= 15 is 0 Å². The SMILES string of the molecule is CCCCCC(=O)C1=C(O)C(=O)N(c2ccc3[nH]cnc3c2)C1c1cccc(C)c1. The second-order valence-electron chi connectivity index (χ2n) is 7.74. The van der Waals surface area contributed by atoms with E-state index in [1.807, 2.05) is 37.3 Å². The Morgan fingerprint density at radius 3 is 2.80 bits per heavy atom. The van der Waals surface area contributed by atoms with Gasteiger partial charge in [-0.15, -0.1) is 0 Å². The highest BCUT2D eigenvalue weighted by Gasteiger charge is 2.44. The third-order valence-corrected chi connectivity index (χ3v) is 5.56. The number of hydrogen-bond donors (Lipinski definition) is 2. The number of carbonyl (C=O) groups is 2. The van der Waals surface area contributed by atoms with Crippen LogP contribution in [-0.4, -0.2) is 26.8 Å². The Bertz CT molecular complexity index is 1150. The van der Waals surface area contributed by atoms with Gasteiger partial charge in [0.1, 0.15) is 0 Å². The summed E-state index contributed by atoms with van der Waals surface area (Å²) in [5.41, 5.74) is 4.16. The number of aromatic amines is 1. The number of ketones is 1. The van der Waals surface area contributed by atoms with E-state index in [0.717, 1.165) is 35.9 Å². The average Bonchev–Trinajstić information content (AvgIpc) is 3.30. The molecule has 30 heavy (non-hydrogen) atoms. The minimum atomic E-state index is -0.664. The van der Waals surface area contributed by atoms with Gasteiger partial charge in [0.15, 0.2) is 11.5 Å². The zero-order valence-corrected chi connectivity index (χ0v) is 17.2. The molecule has 1 amide bonds. The lowest BCUT2D eigenvalue weighted by molar-refractivity contribution is -0.118. The number of fused-ring (bicyclic) bond motifs is 1. The van der Waals surface area contributed by atoms with Gasteiger partial charge in [0.05, 0.1) is 29.0 Å². The van der Waals surface area contributed by atoms with Gasteiger partial charge in [-0.2, -0.15) is 0 Å². The molecule has 0 spiro atoms. The van der Waals surface area contributed by atoms with Crippen molar-refractivity contribution in [2.24, 2.45) is 0 Å². The second-order valence-corrected chi connectivity index (χ2v) is 7.74. The normalized spacial score (nSPS) is 16.7. The van der Waals surface area contributed by atoms with Gasteiger partial charge in [-0.25, -0.2) is 4.98 Å². The van der Waals surface area contributed by atoms with Gasteiger partial charge in [-0.05, 0) is 37.1 Å². The van der Waals surface area contributed by atoms with Gasteiger partial charge >= 0.3 is 0 Å². The van der Waals surface area contributed by atoms with Crippen LogP contribution in [-0.2, 0) is 9.59 Å². The molecule has 1 atom stereocenters. The molecule has 2 N–H and O–H groups in total. The lowest BCUT2D eigenvalue weighted by atomic mass is 9.92. The van der Waals surface area contributed by atoms with Crippen LogP contribution in [0.4, 0.5) is 5.69 Å². The number of aromatic nitrogens is 2. The fraction of sp³-hybridized carbons (Fsp3) is 0.292. The Kier molecular flexibility index (Phi) is 5.40. The number of benzene rings is 2. The number of anilines is 1. The molecule has 2 aromatic carbocycles. The van der Waals surface area contributed by atoms with Gasteiger partial charge in [-0.1, -0.05) is 49.6 Å². The van der Waals surface area contributed by atoms with Crippen molar-refractivity contribution in [3.8, 4) is 0 Å². The van der Waals surface area contributed by atoms with E-state index in [2.05, 4.69) is 16.9 Å². The monoisotopic (exact) mass is 403 g/mol. The molecule has 1 unspecified atom stereocenters. The Labute approximate surface area is 175 Å². The van der Waals surface area contributed by atoms with Crippen LogP contribution in [0.15, 0.2) is 60.1 Å². The number of aliphatic hydroxyl groups is 1. The topological polar surface area (TPSA) is 86.3 Å². The molecule has 2 heterocycles. The van der Waals surface area contributed by atoms with Crippen LogP contribution in [0.1, 0.15) is 49.8 Å². The number of unbranched alkanes of at least 4 members (excludes halogenated alkanes) is 2. The van der Waals surface area contributed by atoms with Crippen molar-refractivity contribution in [1.82, 2.24) is 9.97 Å². The fourth-order valence-corrected chi connectivity index (χ4v) is 4.05. The molecular weight excluding hydrogens is 378 g/mol. The Balaban J connectivity index is 1.81. The van der Waals surface area contributed by atoms with Gasteiger partial charge in [0, 0.05) is 12.1 Å². The highest BCUT2D eigenvalue weighted by atomic mass is 16.3. The Morgan fingerprint density at radius 1 is 1.20 bits per heavy atom. The number of carbonyl (C=O) groups excluding carboxylic acids is 2. The number of aryl methyl sites for hydroxylation is 1. The summed E-state index contributed by atoms with van der Waals surface area (Å²) in [5.74, 6) is -1.19. The molecule has 1 aromatic heterocycles. The molecule has 3 aromatic rings. The molecule has 154 valence electrons. The summed E-state index contributed by atoms with van der Waals surface area (Å²) in [6.07, 6.45) is 4.57. The van der Waals surface area contributed by atoms with Crippen LogP contribution in [0.5, 0.6) is 0 Å². The molecule has 0 bridgehead atoms. The first-order chi connectivity index (χ1) is 14.5. The predicted molar refractivity (Wildman–Crippen MR) is 116 cm³/mol. The van der Waals surface area contributed by atoms with Crippen LogP contribution in [0.3, 0.4) is 0 Å². The lowest BCUT2D eigenvalue weighted by Crippen LogP contribution is -2.31. The molecule has 0 saturated carbocycles. The number of rotatable bonds is 7. The molecule has 4 rings (SSSR count). The van der Waals surface area contributed by atoms with E-state index in [4.69, 9.17) is 0 Å². The van der Waals surface area contributed by atoms with Crippen molar-refractivity contribution >= 4 is 28.4 Å². The van der Waals surface area contributed by atoms with E-state index in [1.54, 1.807) is 18.5 Å². The average molecular weight is 403 g/mol. The highest BCUT2D eigenvalue weighted by Crippen LogP contribution is 2.42. The van der Waals surface area contributed by atoms with Crippen molar-refractivity contribution in [3.63, 3.8) is 0 Å². The third kappa shape index (κ3) is 3.49. The number of Topliss-reactive ketones (excluding diaryl/α,β-unsaturated/α-hetero) is 1. The molecule has 6 heteroatoms. The molecular formula is C24H25N3O3. The zero-order valence-electron chi connectivity index (χ0n) is 17.2. The van der Waals surface area contributed by atoms with Crippen molar-refractivity contribution in [2.45, 2.75) is 45.6 Å². The molecule has 1 aliphatic rings. The van der Waals surface area contributed by atoms with E-state index in [0.29, 0.717) is 17.6 Å². The van der Waals surface area contributed by atoms with E-state index in [-0.39, 0.29) is 11.4 Å². The first-order valence-corrected chi connectivity index (χ1v) is 10.3. The standard InChI is InChI=1S/C24H25N3O3/c1-3-4-5-9-20(28)21-22(16-8-6-7-15(2)12-16)27(24(30)23(21)29)17-10-11-18-19(13-17)26-14-25-18/h6-8,10-14,22,29H,3-5,9H2,1-2H3,(H,25,26). The summed E-state index contributed by atoms with van der Waals surface area (Å²) >= 11 is 0. The quantitative estimate of drug-likeness (QED) is 0.548. The first-order valence-electron chi connectivity index (χ1n) is 10.3. The van der Waals surface area contributed by atoms with Gasteiger partial charge in [0.2, 0.25) is 0 Å². The van der Waals surface area contributed by atoms with E-state index in [9.17, 15) is 14.7 Å². The minimum absolute atomic E-state index is 0.177. The number of nitrogens with zero attached hydrogens (tertiary/aromatic N) is 2. The Morgan fingerprint density at radius 2 is 2.03 bits per heavy atom. The van der Waals surface area contributed by atoms with Crippen molar-refractivity contribution < 1.29 is 14.7 Å². The maximum Gasteiger partial charge on any atom is 0.294 e. The zero-order chi connectivity index (χ0) is 21.3. The van der Waals surface area contributed by atoms with Crippen LogP contribution >= 0.6 is 0 Å². The molecule has 1 aliphatic heterocycles. The smallest absolute Gasteiger partial charge is 0.294 e. The van der Waals surface area contributed by atoms with Crippen LogP contribution < -0.4 is 4.90 Å². The number of H-pyrrole nitrogens is 1. The van der Waals surface area contributed by atoms with Crippen LogP contribution in [0.25, 0.3) is 11.0 Å². The summed E-state index contributed by atoms with van der Waals surface area (Å²) in [4.78, 5) is 35.0. The number of nitrogens with one attached hydrogen (secondary N) is 1. The van der Waals surface area contributed by atoms with E-state index < -0.39 is 17.7 Å². The largest absolute Gasteiger partial charge is 0.503 e. The predicted octanol–water partition coefficient (Wildman–Crippen LogP) is 4.92. The number of hydrogen-bond acceptors (Lipinski definition) is 4. The third-order valence-electron chi connectivity index (χ3n) is 5.56. The molecule has 0 fully saturated rings. The van der Waals surface area contributed by atoms with Crippen LogP contribution in [0, 0.1) is 6.92 Å². The van der Waals surface area contributed by atoms with Crippen molar-refractivity contribution in [1.29, 1.82) is 0 Å². The van der Waals surface area contributed by atoms with Crippen molar-refractivity contribution in [3.05, 3.63) is 71.3 Å². The van der Waals surface area contributed by atoms with Crippen molar-refractivity contribution in [2.75, 3.05) is 4.90 Å². The summed E-state index contributed by atoms with van der Waals surface area (Å²) in [6.45, 7) is 4.04. The Hall–Kier alpha value is -3.41. The number of amides is 1. The minimum Gasteiger partial charge on any atom is -0.503 e. The van der Waals surface area contributed by atoms with Crippen LogP contribution in [0.2, 0.25) is 0 Å². The maximum atomic E-state index is 13.1. The lowest BCUT2D eigenvalue weighted by Gasteiger charge is -2.27.